The van der Waals surface area contributed by atoms with E-state index < -0.39 is 12.0 Å². The van der Waals surface area contributed by atoms with Gasteiger partial charge >= 0.3 is 5.97 Å². The van der Waals surface area contributed by atoms with Gasteiger partial charge in [0.15, 0.2) is 0 Å². The highest BCUT2D eigenvalue weighted by Crippen LogP contribution is 2.10. The van der Waals surface area contributed by atoms with E-state index in [2.05, 4.69) is 5.32 Å². The third-order valence-corrected chi connectivity index (χ3v) is 2.85. The normalized spacial score (nSPS) is 15.3. The van der Waals surface area contributed by atoms with Crippen molar-refractivity contribution in [2.75, 3.05) is 7.11 Å². The lowest BCUT2D eigenvalue weighted by Gasteiger charge is -2.21. The Kier molecular flexibility index (Phi) is 7.76. The number of rotatable bonds is 6. The van der Waals surface area contributed by atoms with E-state index in [0.29, 0.717) is 5.57 Å². The average Bonchev–Trinajstić information content (AvgIpc) is 2.39. The number of hydrogen-bond acceptors (Lipinski definition) is 3. The molecule has 102 valence electrons. The molecule has 0 unspecified atom stereocenters. The van der Waals surface area contributed by atoms with Crippen LogP contribution < -0.4 is 5.32 Å². The quantitative estimate of drug-likeness (QED) is 0.448. The highest BCUT2D eigenvalue weighted by atomic mass is 16.5. The van der Waals surface area contributed by atoms with Crippen LogP contribution in [-0.2, 0) is 14.3 Å². The Morgan fingerprint density at radius 2 is 2.00 bits per heavy atom. The van der Waals surface area contributed by atoms with Crippen molar-refractivity contribution in [3.63, 3.8) is 0 Å². The minimum atomic E-state index is -0.596. The first-order valence-electron chi connectivity index (χ1n) is 6.16. The van der Waals surface area contributed by atoms with E-state index in [-0.39, 0.29) is 11.8 Å². The number of hydrogen-bond donors (Lipinski definition) is 1. The zero-order chi connectivity index (χ0) is 14.1. The summed E-state index contributed by atoms with van der Waals surface area (Å²) in [4.78, 5) is 23.5. The largest absolute Gasteiger partial charge is 0.467 e. The molecule has 18 heavy (non-hydrogen) atoms. The lowest BCUT2D eigenvalue weighted by atomic mass is 9.99. The van der Waals surface area contributed by atoms with Crippen molar-refractivity contribution in [3.8, 4) is 0 Å². The first-order valence-corrected chi connectivity index (χ1v) is 6.16. The minimum absolute atomic E-state index is 0.0379. The molecule has 0 aromatic rings. The molecular formula is C14H23NO3. The van der Waals surface area contributed by atoms with E-state index in [9.17, 15) is 9.59 Å². The molecule has 4 heteroatoms. The van der Waals surface area contributed by atoms with Crippen LogP contribution in [0.5, 0.6) is 0 Å². The van der Waals surface area contributed by atoms with Gasteiger partial charge in [0.25, 0.3) is 0 Å². The van der Waals surface area contributed by atoms with Crippen LogP contribution in [0, 0.1) is 5.92 Å². The molecule has 2 atom stereocenters. The van der Waals surface area contributed by atoms with Crippen molar-refractivity contribution in [2.45, 2.75) is 40.2 Å². The van der Waals surface area contributed by atoms with E-state index in [0.717, 1.165) is 6.42 Å². The van der Waals surface area contributed by atoms with Crippen molar-refractivity contribution in [3.05, 3.63) is 23.8 Å². The molecule has 0 saturated heterocycles. The maximum absolute atomic E-state index is 11.9. The summed E-state index contributed by atoms with van der Waals surface area (Å²) in [5.41, 5.74) is 0.560. The molecule has 0 rings (SSSR count). The summed E-state index contributed by atoms with van der Waals surface area (Å²) in [6, 6.07) is -0.596. The fourth-order valence-corrected chi connectivity index (χ4v) is 1.37. The van der Waals surface area contributed by atoms with Gasteiger partial charge in [0.2, 0.25) is 5.91 Å². The molecule has 0 aliphatic rings. The Bertz CT molecular complexity index is 345. The highest BCUT2D eigenvalue weighted by Gasteiger charge is 2.26. The molecule has 0 heterocycles. The maximum Gasteiger partial charge on any atom is 0.328 e. The molecule has 4 nitrogen and oxygen atoms in total. The van der Waals surface area contributed by atoms with Crippen molar-refractivity contribution in [2.24, 2.45) is 5.92 Å². The third kappa shape index (κ3) is 5.17. The zero-order valence-corrected chi connectivity index (χ0v) is 11.8. The van der Waals surface area contributed by atoms with Crippen LogP contribution >= 0.6 is 0 Å². The standard InChI is InChI=1S/C14H23NO3/c1-6-8-9-11(4)13(16)15-12(10(3)7-2)14(17)18-5/h6,8-10,12H,7H2,1-5H3,(H,15,16)/b8-6+,11-9+/t10-,12-/m0/s1. The number of carbonyl (C=O) groups excluding carboxylic acids is 2. The molecule has 1 N–H and O–H groups in total. The van der Waals surface area contributed by atoms with E-state index in [1.807, 2.05) is 26.8 Å². The van der Waals surface area contributed by atoms with E-state index >= 15 is 0 Å². The summed E-state index contributed by atoms with van der Waals surface area (Å²) in [7, 11) is 1.33. The van der Waals surface area contributed by atoms with Gasteiger partial charge in [-0.05, 0) is 19.8 Å². The van der Waals surface area contributed by atoms with Gasteiger partial charge in [-0.1, -0.05) is 38.5 Å². The summed E-state index contributed by atoms with van der Waals surface area (Å²) in [5, 5.41) is 2.71. The zero-order valence-electron chi connectivity index (χ0n) is 11.8. The van der Waals surface area contributed by atoms with Crippen LogP contribution in [0.25, 0.3) is 0 Å². The molecule has 0 radical (unpaired) electrons. The third-order valence-electron chi connectivity index (χ3n) is 2.85. The first kappa shape index (κ1) is 16.4. The van der Waals surface area contributed by atoms with Gasteiger partial charge in [0.05, 0.1) is 7.11 Å². The Balaban J connectivity index is 4.78. The minimum Gasteiger partial charge on any atom is -0.467 e. The van der Waals surface area contributed by atoms with E-state index in [1.165, 1.54) is 7.11 Å². The number of esters is 1. The molecule has 0 aliphatic heterocycles. The highest BCUT2D eigenvalue weighted by molar-refractivity contribution is 5.95. The Morgan fingerprint density at radius 3 is 2.44 bits per heavy atom. The monoisotopic (exact) mass is 253 g/mol. The van der Waals surface area contributed by atoms with Gasteiger partial charge in [-0.2, -0.15) is 0 Å². The van der Waals surface area contributed by atoms with Gasteiger partial charge in [0.1, 0.15) is 6.04 Å². The lowest BCUT2D eigenvalue weighted by Crippen LogP contribution is -2.45. The number of carbonyl (C=O) groups is 2. The number of ether oxygens (including phenoxy) is 1. The van der Waals surface area contributed by atoms with Crippen LogP contribution in [0.1, 0.15) is 34.1 Å². The number of methoxy groups -OCH3 is 1. The van der Waals surface area contributed by atoms with Gasteiger partial charge in [0, 0.05) is 5.57 Å². The van der Waals surface area contributed by atoms with Crippen LogP contribution in [0.2, 0.25) is 0 Å². The predicted molar refractivity (Wildman–Crippen MR) is 72.0 cm³/mol. The first-order chi connectivity index (χ1) is 8.47. The van der Waals surface area contributed by atoms with E-state index in [4.69, 9.17) is 4.74 Å². The van der Waals surface area contributed by atoms with Crippen LogP contribution in [0.4, 0.5) is 0 Å². The van der Waals surface area contributed by atoms with Gasteiger partial charge in [-0.25, -0.2) is 4.79 Å². The maximum atomic E-state index is 11.9. The fourth-order valence-electron chi connectivity index (χ4n) is 1.37. The lowest BCUT2D eigenvalue weighted by molar-refractivity contribution is -0.146. The summed E-state index contributed by atoms with van der Waals surface area (Å²) in [5.74, 6) is -0.615. The molecule has 0 aliphatic carbocycles. The average molecular weight is 253 g/mol. The molecular weight excluding hydrogens is 230 g/mol. The van der Waals surface area contributed by atoms with Crippen molar-refractivity contribution in [1.82, 2.24) is 5.32 Å². The van der Waals surface area contributed by atoms with Gasteiger partial charge in [-0.15, -0.1) is 0 Å². The number of nitrogens with one attached hydrogen (secondary N) is 1. The number of amides is 1. The Hall–Kier alpha value is -1.58. The summed E-state index contributed by atoms with van der Waals surface area (Å²) in [6.07, 6.45) is 6.12. The van der Waals surface area contributed by atoms with Crippen LogP contribution in [-0.4, -0.2) is 25.0 Å². The molecule has 1 amide bonds. The second-order valence-electron chi connectivity index (χ2n) is 4.24. The SMILES string of the molecule is C/C=C/C=C(\C)C(=O)N[C@H](C(=O)OC)[C@@H](C)CC. The van der Waals surface area contributed by atoms with Gasteiger partial charge in [-0.3, -0.25) is 4.79 Å². The second-order valence-corrected chi connectivity index (χ2v) is 4.24. The van der Waals surface area contributed by atoms with Gasteiger partial charge < -0.3 is 10.1 Å². The Morgan fingerprint density at radius 1 is 1.39 bits per heavy atom. The molecule has 0 bridgehead atoms. The molecule has 0 aromatic heterocycles. The molecule has 0 spiro atoms. The van der Waals surface area contributed by atoms with Crippen LogP contribution in [0.15, 0.2) is 23.8 Å². The number of allylic oxidation sites excluding steroid dienone is 3. The summed E-state index contributed by atoms with van der Waals surface area (Å²) >= 11 is 0. The molecule has 0 aromatic carbocycles. The van der Waals surface area contributed by atoms with Crippen molar-refractivity contribution < 1.29 is 14.3 Å². The predicted octanol–water partition coefficient (Wildman–Crippen LogP) is 2.21. The summed E-state index contributed by atoms with van der Waals surface area (Å²) in [6.45, 7) is 7.46. The smallest absolute Gasteiger partial charge is 0.328 e. The van der Waals surface area contributed by atoms with E-state index in [1.54, 1.807) is 19.1 Å². The Labute approximate surface area is 109 Å². The molecule has 0 saturated carbocycles. The summed E-state index contributed by atoms with van der Waals surface area (Å²) < 4.78 is 4.71. The molecule has 0 fully saturated rings. The van der Waals surface area contributed by atoms with Crippen molar-refractivity contribution >= 4 is 11.9 Å². The van der Waals surface area contributed by atoms with Crippen LogP contribution in [0.3, 0.4) is 0 Å². The fraction of sp³-hybridized carbons (Fsp3) is 0.571. The topological polar surface area (TPSA) is 55.4 Å². The second kappa shape index (κ2) is 8.50. The van der Waals surface area contributed by atoms with Crippen molar-refractivity contribution in [1.29, 1.82) is 0 Å².